The zero-order valence-corrected chi connectivity index (χ0v) is 17.4. The van der Waals surface area contributed by atoms with E-state index in [4.69, 9.17) is 4.99 Å². The lowest BCUT2D eigenvalue weighted by Gasteiger charge is -2.39. The fraction of sp³-hybridized carbons (Fsp3) is 0.636. The highest BCUT2D eigenvalue weighted by molar-refractivity contribution is 5.82. The van der Waals surface area contributed by atoms with Crippen molar-refractivity contribution in [3.05, 3.63) is 35.9 Å². The Hall–Kier alpha value is -2.08. The molecule has 6 heteroatoms. The first kappa shape index (κ1) is 20.6. The van der Waals surface area contributed by atoms with Gasteiger partial charge < -0.3 is 15.1 Å². The first-order valence-corrected chi connectivity index (χ1v) is 10.8. The molecule has 0 bridgehead atoms. The van der Waals surface area contributed by atoms with E-state index in [9.17, 15) is 4.79 Å². The van der Waals surface area contributed by atoms with E-state index in [0.717, 1.165) is 77.6 Å². The molecule has 0 saturated carbocycles. The molecule has 28 heavy (non-hydrogen) atoms. The fourth-order valence-corrected chi connectivity index (χ4v) is 4.04. The van der Waals surface area contributed by atoms with Crippen LogP contribution in [0.2, 0.25) is 0 Å². The van der Waals surface area contributed by atoms with Crippen molar-refractivity contribution in [1.82, 2.24) is 20.0 Å². The maximum absolute atomic E-state index is 12.7. The van der Waals surface area contributed by atoms with Crippen LogP contribution in [0.3, 0.4) is 0 Å². The summed E-state index contributed by atoms with van der Waals surface area (Å²) in [6.07, 6.45) is 3.26. The van der Waals surface area contributed by atoms with Gasteiger partial charge in [-0.05, 0) is 38.7 Å². The number of rotatable bonds is 6. The van der Waals surface area contributed by atoms with Gasteiger partial charge >= 0.3 is 0 Å². The van der Waals surface area contributed by atoms with E-state index in [1.165, 1.54) is 5.56 Å². The summed E-state index contributed by atoms with van der Waals surface area (Å²) in [5.74, 6) is 1.30. The molecule has 1 unspecified atom stereocenters. The number of likely N-dealkylation sites (tertiary alicyclic amines) is 1. The number of hydrogen-bond acceptors (Lipinski definition) is 3. The lowest BCUT2D eigenvalue weighted by Crippen LogP contribution is -2.57. The second-order valence-corrected chi connectivity index (χ2v) is 7.70. The summed E-state index contributed by atoms with van der Waals surface area (Å²) in [4.78, 5) is 24.2. The molecular formula is C22H35N5O. The first-order chi connectivity index (χ1) is 13.7. The molecule has 3 rings (SSSR count). The van der Waals surface area contributed by atoms with Gasteiger partial charge in [-0.15, -0.1) is 0 Å². The van der Waals surface area contributed by atoms with Crippen LogP contribution in [-0.2, 0) is 11.2 Å². The van der Waals surface area contributed by atoms with E-state index in [0.29, 0.717) is 5.91 Å². The van der Waals surface area contributed by atoms with Crippen molar-refractivity contribution in [1.29, 1.82) is 0 Å². The third-order valence-corrected chi connectivity index (χ3v) is 5.78. The van der Waals surface area contributed by atoms with Crippen molar-refractivity contribution in [2.24, 2.45) is 4.99 Å². The number of amides is 1. The number of piperazine rings is 1. The van der Waals surface area contributed by atoms with Crippen molar-refractivity contribution in [2.75, 3.05) is 52.4 Å². The predicted octanol–water partition coefficient (Wildman–Crippen LogP) is 1.82. The SMILES string of the molecule is CCNC(=NCCc1ccccc1)N1CCN(C(C)C(=O)N2CCCC2)CC1. The van der Waals surface area contributed by atoms with Crippen LogP contribution >= 0.6 is 0 Å². The monoisotopic (exact) mass is 385 g/mol. The Bertz CT molecular complexity index is 634. The highest BCUT2D eigenvalue weighted by atomic mass is 16.2. The van der Waals surface area contributed by atoms with Crippen LogP contribution in [0.25, 0.3) is 0 Å². The van der Waals surface area contributed by atoms with Gasteiger partial charge in [0.2, 0.25) is 5.91 Å². The minimum Gasteiger partial charge on any atom is -0.357 e. The van der Waals surface area contributed by atoms with Gasteiger partial charge in [-0.3, -0.25) is 14.7 Å². The van der Waals surface area contributed by atoms with Gasteiger partial charge in [-0.25, -0.2) is 0 Å². The molecule has 2 aliphatic rings. The molecular weight excluding hydrogens is 350 g/mol. The number of hydrogen-bond donors (Lipinski definition) is 1. The number of benzene rings is 1. The average Bonchev–Trinajstić information content (AvgIpc) is 3.28. The number of guanidine groups is 1. The molecule has 1 amide bonds. The molecule has 0 spiro atoms. The maximum Gasteiger partial charge on any atom is 0.239 e. The minimum atomic E-state index is -0.0159. The molecule has 6 nitrogen and oxygen atoms in total. The molecule has 154 valence electrons. The van der Waals surface area contributed by atoms with Crippen LogP contribution in [0.4, 0.5) is 0 Å². The van der Waals surface area contributed by atoms with Crippen LogP contribution in [0.15, 0.2) is 35.3 Å². The topological polar surface area (TPSA) is 51.2 Å². The molecule has 2 aliphatic heterocycles. The van der Waals surface area contributed by atoms with Gasteiger partial charge in [0.15, 0.2) is 5.96 Å². The molecule has 0 radical (unpaired) electrons. The van der Waals surface area contributed by atoms with Gasteiger partial charge in [0, 0.05) is 52.4 Å². The van der Waals surface area contributed by atoms with Crippen molar-refractivity contribution in [3.63, 3.8) is 0 Å². The van der Waals surface area contributed by atoms with E-state index in [1.807, 2.05) is 11.0 Å². The normalized spacial score (nSPS) is 19.7. The van der Waals surface area contributed by atoms with E-state index in [2.05, 4.69) is 53.2 Å². The van der Waals surface area contributed by atoms with Gasteiger partial charge in [0.25, 0.3) is 0 Å². The van der Waals surface area contributed by atoms with Crippen LogP contribution < -0.4 is 5.32 Å². The molecule has 0 aliphatic carbocycles. The Labute approximate surface area is 169 Å². The maximum atomic E-state index is 12.7. The highest BCUT2D eigenvalue weighted by Crippen LogP contribution is 2.14. The average molecular weight is 386 g/mol. The lowest BCUT2D eigenvalue weighted by atomic mass is 10.2. The molecule has 1 aromatic rings. The Balaban J connectivity index is 1.50. The van der Waals surface area contributed by atoms with Crippen LogP contribution in [0.5, 0.6) is 0 Å². The molecule has 1 N–H and O–H groups in total. The van der Waals surface area contributed by atoms with E-state index < -0.39 is 0 Å². The summed E-state index contributed by atoms with van der Waals surface area (Å²) in [6, 6.07) is 10.5. The van der Waals surface area contributed by atoms with Gasteiger partial charge in [0.1, 0.15) is 0 Å². The third-order valence-electron chi connectivity index (χ3n) is 5.78. The Morgan fingerprint density at radius 3 is 2.36 bits per heavy atom. The predicted molar refractivity (Wildman–Crippen MR) is 115 cm³/mol. The van der Waals surface area contributed by atoms with Crippen molar-refractivity contribution in [3.8, 4) is 0 Å². The van der Waals surface area contributed by atoms with Gasteiger partial charge in [-0.1, -0.05) is 30.3 Å². The largest absolute Gasteiger partial charge is 0.357 e. The zero-order chi connectivity index (χ0) is 19.8. The zero-order valence-electron chi connectivity index (χ0n) is 17.4. The van der Waals surface area contributed by atoms with Crippen molar-refractivity contribution in [2.45, 2.75) is 39.2 Å². The lowest BCUT2D eigenvalue weighted by molar-refractivity contribution is -0.135. The molecule has 2 fully saturated rings. The molecule has 1 atom stereocenters. The summed E-state index contributed by atoms with van der Waals surface area (Å²) in [7, 11) is 0. The smallest absolute Gasteiger partial charge is 0.239 e. The highest BCUT2D eigenvalue weighted by Gasteiger charge is 2.30. The summed E-state index contributed by atoms with van der Waals surface area (Å²) in [5.41, 5.74) is 1.32. The first-order valence-electron chi connectivity index (χ1n) is 10.8. The quantitative estimate of drug-likeness (QED) is 0.600. The molecule has 1 aromatic carbocycles. The van der Waals surface area contributed by atoms with Gasteiger partial charge in [-0.2, -0.15) is 0 Å². The molecule has 2 heterocycles. The van der Waals surface area contributed by atoms with Crippen molar-refractivity contribution < 1.29 is 4.79 Å². The number of nitrogens with zero attached hydrogens (tertiary/aromatic N) is 4. The summed E-state index contributed by atoms with van der Waals surface area (Å²) in [5, 5.41) is 3.43. The second-order valence-electron chi connectivity index (χ2n) is 7.70. The Morgan fingerprint density at radius 2 is 1.71 bits per heavy atom. The van der Waals surface area contributed by atoms with Crippen LogP contribution in [-0.4, -0.2) is 85.0 Å². The second kappa shape index (κ2) is 10.5. The van der Waals surface area contributed by atoms with E-state index >= 15 is 0 Å². The Kier molecular flexibility index (Phi) is 7.71. The number of carbonyl (C=O) groups excluding carboxylic acids is 1. The van der Waals surface area contributed by atoms with Crippen LogP contribution in [0.1, 0.15) is 32.3 Å². The third kappa shape index (κ3) is 5.47. The summed E-state index contributed by atoms with van der Waals surface area (Å²) in [6.45, 7) is 11.3. The van der Waals surface area contributed by atoms with Crippen molar-refractivity contribution >= 4 is 11.9 Å². The summed E-state index contributed by atoms with van der Waals surface area (Å²) >= 11 is 0. The Morgan fingerprint density at radius 1 is 1.04 bits per heavy atom. The molecule has 2 saturated heterocycles. The molecule has 0 aromatic heterocycles. The number of carbonyl (C=O) groups is 1. The van der Waals surface area contributed by atoms with Crippen LogP contribution in [0, 0.1) is 0 Å². The van der Waals surface area contributed by atoms with Gasteiger partial charge in [0.05, 0.1) is 6.04 Å². The van der Waals surface area contributed by atoms with E-state index in [-0.39, 0.29) is 6.04 Å². The number of aliphatic imine (C=N–C) groups is 1. The minimum absolute atomic E-state index is 0.0159. The number of nitrogens with one attached hydrogen (secondary N) is 1. The summed E-state index contributed by atoms with van der Waals surface area (Å²) < 4.78 is 0. The fourth-order valence-electron chi connectivity index (χ4n) is 4.04. The van der Waals surface area contributed by atoms with E-state index in [1.54, 1.807) is 0 Å². The standard InChI is InChI=1S/C22H35N5O/c1-3-23-22(24-12-11-20-9-5-4-6-10-20)27-17-15-25(16-18-27)19(2)21(28)26-13-7-8-14-26/h4-6,9-10,19H,3,7-8,11-18H2,1-2H3,(H,23,24).